The molecule has 18 heavy (non-hydrogen) atoms. The zero-order chi connectivity index (χ0) is 12.8. The summed E-state index contributed by atoms with van der Waals surface area (Å²) in [6, 6.07) is 12.9. The lowest BCUT2D eigenvalue weighted by Gasteiger charge is -2.35. The molecule has 1 saturated carbocycles. The van der Waals surface area contributed by atoms with E-state index in [-0.39, 0.29) is 6.61 Å². The van der Waals surface area contributed by atoms with E-state index in [0.29, 0.717) is 12.5 Å². The van der Waals surface area contributed by atoms with Crippen molar-refractivity contribution in [3.8, 4) is 6.07 Å². The van der Waals surface area contributed by atoms with Gasteiger partial charge in [-0.3, -0.25) is 5.32 Å². The Hall–Kier alpha value is -1.37. The van der Waals surface area contributed by atoms with Crippen LogP contribution in [0.2, 0.25) is 0 Å². The van der Waals surface area contributed by atoms with Crippen LogP contribution in [0.3, 0.4) is 0 Å². The Morgan fingerprint density at radius 1 is 1.28 bits per heavy atom. The zero-order valence-electron chi connectivity index (χ0n) is 10.6. The molecule has 2 rings (SSSR count). The first-order valence-corrected chi connectivity index (χ1v) is 6.62. The molecule has 1 aliphatic rings. The van der Waals surface area contributed by atoms with E-state index in [1.807, 2.05) is 6.07 Å². The van der Waals surface area contributed by atoms with Gasteiger partial charge in [-0.1, -0.05) is 30.3 Å². The summed E-state index contributed by atoms with van der Waals surface area (Å²) in [5.74, 6) is 0.573. The highest BCUT2D eigenvalue weighted by Crippen LogP contribution is 2.37. The number of hydrogen-bond donors (Lipinski definition) is 2. The first-order valence-electron chi connectivity index (χ1n) is 6.62. The van der Waals surface area contributed by atoms with E-state index in [1.54, 1.807) is 0 Å². The minimum absolute atomic E-state index is 0.0888. The van der Waals surface area contributed by atoms with Crippen LogP contribution >= 0.6 is 0 Å². The lowest BCUT2D eigenvalue weighted by molar-refractivity contribution is 0.235. The van der Waals surface area contributed by atoms with E-state index in [9.17, 15) is 5.26 Å². The molecular weight excluding hydrogens is 224 g/mol. The summed E-state index contributed by atoms with van der Waals surface area (Å²) in [6.45, 7) is 0.592. The summed E-state index contributed by atoms with van der Waals surface area (Å²) in [6.07, 6.45) is 3.80. The predicted octanol–water partition coefficient (Wildman–Crippen LogP) is 2.19. The van der Waals surface area contributed by atoms with Crippen LogP contribution in [0.1, 0.15) is 37.2 Å². The Morgan fingerprint density at radius 2 is 1.94 bits per heavy atom. The van der Waals surface area contributed by atoms with Gasteiger partial charge in [0.2, 0.25) is 0 Å². The second kappa shape index (κ2) is 5.99. The van der Waals surface area contributed by atoms with Crippen molar-refractivity contribution < 1.29 is 5.11 Å². The molecule has 1 fully saturated rings. The van der Waals surface area contributed by atoms with Gasteiger partial charge in [-0.25, -0.2) is 0 Å². The lowest BCUT2D eigenvalue weighted by atomic mass is 9.75. The van der Waals surface area contributed by atoms with Gasteiger partial charge in [-0.05, 0) is 37.2 Å². The Bertz CT molecular complexity index is 402. The van der Waals surface area contributed by atoms with Gasteiger partial charge in [-0.2, -0.15) is 5.26 Å². The molecule has 1 aromatic rings. The highest BCUT2D eigenvalue weighted by Gasteiger charge is 2.35. The highest BCUT2D eigenvalue weighted by molar-refractivity contribution is 5.22. The molecule has 0 bridgehead atoms. The number of nitriles is 1. The van der Waals surface area contributed by atoms with Crippen LogP contribution in [0, 0.1) is 11.3 Å². The van der Waals surface area contributed by atoms with Crippen LogP contribution in [0.5, 0.6) is 0 Å². The fourth-order valence-electron chi connectivity index (χ4n) is 2.79. The van der Waals surface area contributed by atoms with Crippen LogP contribution < -0.4 is 5.32 Å². The Balaban J connectivity index is 1.97. The molecule has 0 spiro atoms. The normalized spacial score (nSPS) is 27.7. The molecule has 0 saturated heterocycles. The summed E-state index contributed by atoms with van der Waals surface area (Å²) >= 11 is 0. The molecule has 0 atom stereocenters. The van der Waals surface area contributed by atoms with Gasteiger partial charge in [0, 0.05) is 6.54 Å². The fraction of sp³-hybridized carbons (Fsp3) is 0.533. The second-order valence-electron chi connectivity index (χ2n) is 5.03. The van der Waals surface area contributed by atoms with Gasteiger partial charge in [-0.15, -0.1) is 0 Å². The van der Waals surface area contributed by atoms with Crippen LogP contribution in [0.25, 0.3) is 0 Å². The number of aliphatic hydroxyl groups excluding tert-OH is 1. The maximum atomic E-state index is 9.33. The first kappa shape index (κ1) is 13.1. The number of β-amino-alcohol motifs (C(OH)–C–C–N with tert-alkyl or cyclic N) is 1. The van der Waals surface area contributed by atoms with Crippen molar-refractivity contribution in [2.45, 2.75) is 37.1 Å². The molecular formula is C15H20N2O. The SMILES string of the molecule is N#CC1(NCCO)CCC(c2ccccc2)CC1. The first-order chi connectivity index (χ1) is 8.79. The molecule has 3 nitrogen and oxygen atoms in total. The fourth-order valence-corrected chi connectivity index (χ4v) is 2.79. The van der Waals surface area contributed by atoms with Crippen molar-refractivity contribution in [1.29, 1.82) is 5.26 Å². The largest absolute Gasteiger partial charge is 0.395 e. The van der Waals surface area contributed by atoms with E-state index in [4.69, 9.17) is 5.11 Å². The summed E-state index contributed by atoms with van der Waals surface area (Å²) in [7, 11) is 0. The molecule has 2 N–H and O–H groups in total. The van der Waals surface area contributed by atoms with Crippen LogP contribution in [0.15, 0.2) is 30.3 Å². The summed E-state index contributed by atoms with van der Waals surface area (Å²) in [4.78, 5) is 0. The van der Waals surface area contributed by atoms with Gasteiger partial charge in [0.05, 0.1) is 12.7 Å². The van der Waals surface area contributed by atoms with Crippen LogP contribution in [-0.4, -0.2) is 23.8 Å². The second-order valence-corrected chi connectivity index (χ2v) is 5.03. The highest BCUT2D eigenvalue weighted by atomic mass is 16.3. The molecule has 0 aliphatic heterocycles. The molecule has 1 aromatic carbocycles. The zero-order valence-corrected chi connectivity index (χ0v) is 10.6. The molecule has 3 heteroatoms. The predicted molar refractivity (Wildman–Crippen MR) is 71.1 cm³/mol. The van der Waals surface area contributed by atoms with E-state index in [2.05, 4.69) is 35.7 Å². The number of hydrogen-bond acceptors (Lipinski definition) is 3. The standard InChI is InChI=1S/C15H20N2O/c16-12-15(17-10-11-18)8-6-14(7-9-15)13-4-2-1-3-5-13/h1-5,14,17-18H,6-11H2. The molecule has 96 valence electrons. The minimum atomic E-state index is -0.423. The quantitative estimate of drug-likeness (QED) is 0.853. The third-order valence-corrected chi connectivity index (χ3v) is 3.90. The average molecular weight is 244 g/mol. The summed E-state index contributed by atoms with van der Waals surface area (Å²) < 4.78 is 0. The van der Waals surface area contributed by atoms with Gasteiger partial charge < -0.3 is 5.11 Å². The van der Waals surface area contributed by atoms with E-state index in [0.717, 1.165) is 25.7 Å². The summed E-state index contributed by atoms with van der Waals surface area (Å²) in [5, 5.41) is 21.4. The molecule has 0 radical (unpaired) electrons. The summed E-state index contributed by atoms with van der Waals surface area (Å²) in [5.41, 5.74) is 0.958. The lowest BCUT2D eigenvalue weighted by Crippen LogP contribution is -2.47. The molecule has 0 amide bonds. The van der Waals surface area contributed by atoms with E-state index >= 15 is 0 Å². The van der Waals surface area contributed by atoms with Gasteiger partial charge >= 0.3 is 0 Å². The van der Waals surface area contributed by atoms with Crippen molar-refractivity contribution in [1.82, 2.24) is 5.32 Å². The third-order valence-electron chi connectivity index (χ3n) is 3.90. The third kappa shape index (κ3) is 2.90. The number of nitrogens with zero attached hydrogens (tertiary/aromatic N) is 1. The topological polar surface area (TPSA) is 56.0 Å². The Labute approximate surface area is 108 Å². The molecule has 0 unspecified atom stereocenters. The van der Waals surface area contributed by atoms with Crippen LogP contribution in [-0.2, 0) is 0 Å². The number of benzene rings is 1. The Morgan fingerprint density at radius 3 is 2.50 bits per heavy atom. The van der Waals surface area contributed by atoms with E-state index < -0.39 is 5.54 Å². The maximum absolute atomic E-state index is 9.33. The molecule has 0 aromatic heterocycles. The smallest absolute Gasteiger partial charge is 0.106 e. The van der Waals surface area contributed by atoms with Crippen molar-refractivity contribution in [2.75, 3.05) is 13.2 Å². The van der Waals surface area contributed by atoms with E-state index in [1.165, 1.54) is 5.56 Å². The van der Waals surface area contributed by atoms with Crippen molar-refractivity contribution >= 4 is 0 Å². The average Bonchev–Trinajstić information content (AvgIpc) is 2.47. The molecule has 1 aliphatic carbocycles. The monoisotopic (exact) mass is 244 g/mol. The van der Waals surface area contributed by atoms with Crippen molar-refractivity contribution in [2.24, 2.45) is 0 Å². The number of aliphatic hydroxyl groups is 1. The molecule has 0 heterocycles. The maximum Gasteiger partial charge on any atom is 0.106 e. The Kier molecular flexibility index (Phi) is 4.35. The van der Waals surface area contributed by atoms with Gasteiger partial charge in [0.15, 0.2) is 0 Å². The minimum Gasteiger partial charge on any atom is -0.395 e. The van der Waals surface area contributed by atoms with Gasteiger partial charge in [0.25, 0.3) is 0 Å². The van der Waals surface area contributed by atoms with Gasteiger partial charge in [0.1, 0.15) is 5.54 Å². The van der Waals surface area contributed by atoms with Crippen LogP contribution in [0.4, 0.5) is 0 Å². The van der Waals surface area contributed by atoms with Crippen molar-refractivity contribution in [3.63, 3.8) is 0 Å². The van der Waals surface area contributed by atoms with Crippen molar-refractivity contribution in [3.05, 3.63) is 35.9 Å². The number of rotatable bonds is 4. The number of nitrogens with one attached hydrogen (secondary N) is 1.